The van der Waals surface area contributed by atoms with Crippen molar-refractivity contribution >= 4 is 11.8 Å². The van der Waals surface area contributed by atoms with Gasteiger partial charge >= 0.3 is 11.8 Å². The first-order valence-electron chi connectivity index (χ1n) is 6.31. The predicted octanol–water partition coefficient (Wildman–Crippen LogP) is 0.0652. The lowest BCUT2D eigenvalue weighted by Crippen LogP contribution is -2.53. The molecule has 1 atom stereocenters. The fourth-order valence-corrected chi connectivity index (χ4v) is 2.07. The van der Waals surface area contributed by atoms with E-state index in [1.54, 1.807) is 11.9 Å². The Morgan fingerprint density at radius 2 is 2.00 bits per heavy atom. The first-order valence-corrected chi connectivity index (χ1v) is 6.31. The van der Waals surface area contributed by atoms with Crippen molar-refractivity contribution in [2.45, 2.75) is 32.2 Å². The van der Waals surface area contributed by atoms with Crippen molar-refractivity contribution in [1.82, 2.24) is 15.1 Å². The molecule has 0 aromatic carbocycles. The third-order valence-corrected chi connectivity index (χ3v) is 3.40. The third kappa shape index (κ3) is 3.70. The van der Waals surface area contributed by atoms with E-state index < -0.39 is 0 Å². The molecule has 2 amide bonds. The monoisotopic (exact) mass is 241 g/mol. The molecule has 17 heavy (non-hydrogen) atoms. The van der Waals surface area contributed by atoms with E-state index >= 15 is 0 Å². The van der Waals surface area contributed by atoms with E-state index in [1.165, 1.54) is 4.90 Å². The molecule has 0 aromatic heterocycles. The summed E-state index contributed by atoms with van der Waals surface area (Å²) in [6.45, 7) is 4.15. The number of piperazine rings is 1. The highest BCUT2D eigenvalue weighted by Crippen LogP contribution is 2.07. The number of nitrogens with zero attached hydrogens (tertiary/aromatic N) is 2. The lowest BCUT2D eigenvalue weighted by molar-refractivity contribution is -0.154. The fraction of sp³-hybridized carbons (Fsp3) is 0.833. The molecule has 0 spiro atoms. The fourth-order valence-electron chi connectivity index (χ4n) is 2.07. The quantitative estimate of drug-likeness (QED) is 0.669. The number of hydrogen-bond donors (Lipinski definition) is 1. The summed E-state index contributed by atoms with van der Waals surface area (Å²) in [5.74, 6) is -0.729. The second kappa shape index (κ2) is 6.59. The Morgan fingerprint density at radius 3 is 2.59 bits per heavy atom. The average molecular weight is 241 g/mol. The summed E-state index contributed by atoms with van der Waals surface area (Å²) in [5.41, 5.74) is 0. The van der Waals surface area contributed by atoms with Crippen LogP contribution in [0.3, 0.4) is 0 Å². The molecule has 1 unspecified atom stereocenters. The zero-order chi connectivity index (χ0) is 12.8. The van der Waals surface area contributed by atoms with E-state index in [4.69, 9.17) is 0 Å². The van der Waals surface area contributed by atoms with E-state index in [2.05, 4.69) is 12.2 Å². The molecular formula is C12H23N3O2. The summed E-state index contributed by atoms with van der Waals surface area (Å²) in [5, 5.41) is 3.24. The first kappa shape index (κ1) is 14.0. The number of carbonyl (C=O) groups excluding carboxylic acids is 2. The van der Waals surface area contributed by atoms with Crippen molar-refractivity contribution in [3.8, 4) is 0 Å². The summed E-state index contributed by atoms with van der Waals surface area (Å²) >= 11 is 0. The molecule has 1 saturated heterocycles. The maximum atomic E-state index is 11.7. The lowest BCUT2D eigenvalue weighted by atomic mass is 10.1. The predicted molar refractivity (Wildman–Crippen MR) is 66.6 cm³/mol. The minimum atomic E-state index is -0.378. The molecule has 5 nitrogen and oxygen atoms in total. The van der Waals surface area contributed by atoms with E-state index in [0.717, 1.165) is 19.3 Å². The number of hydrogen-bond acceptors (Lipinski definition) is 3. The zero-order valence-corrected chi connectivity index (χ0v) is 11.0. The van der Waals surface area contributed by atoms with Crippen molar-refractivity contribution in [3.63, 3.8) is 0 Å². The molecular weight excluding hydrogens is 218 g/mol. The minimum Gasteiger partial charge on any atom is -0.336 e. The minimum absolute atomic E-state index is 0.351. The Hall–Kier alpha value is -1.10. The molecule has 0 radical (unpaired) electrons. The van der Waals surface area contributed by atoms with Crippen LogP contribution in [0.15, 0.2) is 0 Å². The van der Waals surface area contributed by atoms with Gasteiger partial charge < -0.3 is 15.1 Å². The van der Waals surface area contributed by atoms with Gasteiger partial charge in [-0.2, -0.15) is 0 Å². The summed E-state index contributed by atoms with van der Waals surface area (Å²) in [6.07, 6.45) is 3.08. The molecule has 1 rings (SSSR count). The van der Waals surface area contributed by atoms with Gasteiger partial charge in [-0.1, -0.05) is 6.92 Å². The molecule has 1 fully saturated rings. The maximum Gasteiger partial charge on any atom is 0.312 e. The van der Waals surface area contributed by atoms with Crippen molar-refractivity contribution in [2.24, 2.45) is 0 Å². The Kier molecular flexibility index (Phi) is 5.41. The van der Waals surface area contributed by atoms with Gasteiger partial charge in [-0.15, -0.1) is 0 Å². The van der Waals surface area contributed by atoms with Crippen LogP contribution in [0.2, 0.25) is 0 Å². The van der Waals surface area contributed by atoms with Gasteiger partial charge in [0.2, 0.25) is 0 Å². The average Bonchev–Trinajstić information content (AvgIpc) is 2.34. The van der Waals surface area contributed by atoms with Gasteiger partial charge in [0.1, 0.15) is 0 Å². The van der Waals surface area contributed by atoms with Crippen LogP contribution in [0, 0.1) is 0 Å². The lowest BCUT2D eigenvalue weighted by Gasteiger charge is -2.31. The Bertz CT molecular complexity index is 277. The largest absolute Gasteiger partial charge is 0.336 e. The van der Waals surface area contributed by atoms with Crippen LogP contribution in [0.25, 0.3) is 0 Å². The van der Waals surface area contributed by atoms with Gasteiger partial charge in [0.25, 0.3) is 0 Å². The van der Waals surface area contributed by atoms with Crippen molar-refractivity contribution in [1.29, 1.82) is 0 Å². The van der Waals surface area contributed by atoms with E-state index in [1.807, 2.05) is 7.05 Å². The van der Waals surface area contributed by atoms with Gasteiger partial charge in [-0.3, -0.25) is 9.59 Å². The molecule has 1 aliphatic rings. The zero-order valence-electron chi connectivity index (χ0n) is 11.0. The molecule has 0 bridgehead atoms. The number of amides is 2. The number of rotatable bonds is 6. The smallest absolute Gasteiger partial charge is 0.312 e. The second-order valence-electron chi connectivity index (χ2n) is 4.55. The van der Waals surface area contributed by atoms with E-state index in [-0.39, 0.29) is 11.8 Å². The van der Waals surface area contributed by atoms with Crippen molar-refractivity contribution < 1.29 is 9.59 Å². The van der Waals surface area contributed by atoms with Crippen molar-refractivity contribution in [2.75, 3.05) is 33.7 Å². The Morgan fingerprint density at radius 1 is 1.29 bits per heavy atom. The summed E-state index contributed by atoms with van der Waals surface area (Å²) in [6, 6.07) is 0.508. The highest BCUT2D eigenvalue weighted by molar-refractivity contribution is 6.35. The van der Waals surface area contributed by atoms with Crippen LogP contribution in [-0.4, -0.2) is 61.4 Å². The molecule has 0 aliphatic carbocycles. The Labute approximate surface area is 103 Å². The summed E-state index contributed by atoms with van der Waals surface area (Å²) in [7, 11) is 3.63. The summed E-state index contributed by atoms with van der Waals surface area (Å²) < 4.78 is 0. The van der Waals surface area contributed by atoms with Gasteiger partial charge in [-0.05, 0) is 26.3 Å². The molecule has 0 aromatic rings. The van der Waals surface area contributed by atoms with E-state index in [0.29, 0.717) is 25.7 Å². The standard InChI is InChI=1S/C12H23N3O2/c1-4-10(13-2)6-5-7-15-9-8-14(3)11(16)12(15)17/h10,13H,4-9H2,1-3H3. The second-order valence-corrected chi connectivity index (χ2v) is 4.55. The molecule has 0 saturated carbocycles. The highest BCUT2D eigenvalue weighted by Gasteiger charge is 2.29. The molecule has 98 valence electrons. The first-order chi connectivity index (χ1) is 8.10. The van der Waals surface area contributed by atoms with Crippen molar-refractivity contribution in [3.05, 3.63) is 0 Å². The number of carbonyl (C=O) groups is 2. The third-order valence-electron chi connectivity index (χ3n) is 3.40. The maximum absolute atomic E-state index is 11.7. The number of likely N-dealkylation sites (N-methyl/N-ethyl adjacent to an activating group) is 1. The van der Waals surface area contributed by atoms with Gasteiger partial charge in [0.15, 0.2) is 0 Å². The SMILES string of the molecule is CCC(CCCN1CCN(C)C(=O)C1=O)NC. The van der Waals surface area contributed by atoms with Crippen LogP contribution in [0.4, 0.5) is 0 Å². The molecule has 1 heterocycles. The summed E-state index contributed by atoms with van der Waals surface area (Å²) in [4.78, 5) is 26.3. The van der Waals surface area contributed by atoms with Gasteiger partial charge in [0.05, 0.1) is 0 Å². The van der Waals surface area contributed by atoms with Gasteiger partial charge in [-0.25, -0.2) is 0 Å². The van der Waals surface area contributed by atoms with Crippen LogP contribution in [0.5, 0.6) is 0 Å². The van der Waals surface area contributed by atoms with Crippen LogP contribution in [0.1, 0.15) is 26.2 Å². The number of nitrogens with one attached hydrogen (secondary N) is 1. The molecule has 1 aliphatic heterocycles. The Balaban J connectivity index is 2.32. The molecule has 1 N–H and O–H groups in total. The van der Waals surface area contributed by atoms with Crippen LogP contribution < -0.4 is 5.32 Å². The van der Waals surface area contributed by atoms with E-state index in [9.17, 15) is 9.59 Å². The van der Waals surface area contributed by atoms with Crippen LogP contribution in [-0.2, 0) is 9.59 Å². The highest BCUT2D eigenvalue weighted by atomic mass is 16.2. The topological polar surface area (TPSA) is 52.7 Å². The van der Waals surface area contributed by atoms with Crippen LogP contribution >= 0.6 is 0 Å². The van der Waals surface area contributed by atoms with Gasteiger partial charge in [0, 0.05) is 32.7 Å². The normalized spacial score (nSPS) is 18.8. The molecule has 5 heteroatoms.